The second-order valence-corrected chi connectivity index (χ2v) is 9.33. The normalized spacial score (nSPS) is 20.7. The van der Waals surface area contributed by atoms with E-state index < -0.39 is 17.5 Å². The number of likely N-dealkylation sites (tertiary alicyclic amines) is 1. The zero-order chi connectivity index (χ0) is 21.2. The summed E-state index contributed by atoms with van der Waals surface area (Å²) in [5.74, 6) is -0.373. The molecule has 0 radical (unpaired) electrons. The van der Waals surface area contributed by atoms with Crippen LogP contribution in [0.3, 0.4) is 0 Å². The molecule has 160 valence electrons. The van der Waals surface area contributed by atoms with Crippen molar-refractivity contribution >= 4 is 29.3 Å². The number of anilines is 1. The predicted octanol–water partition coefficient (Wildman–Crippen LogP) is 4.19. The number of hydrogen-bond donors (Lipinski definition) is 2. The highest BCUT2D eigenvalue weighted by Gasteiger charge is 2.38. The van der Waals surface area contributed by atoms with Crippen LogP contribution >= 0.6 is 11.6 Å². The third-order valence-corrected chi connectivity index (χ3v) is 5.20. The zero-order valence-electron chi connectivity index (χ0n) is 17.1. The number of benzene rings is 1. The molecule has 0 bridgehead atoms. The summed E-state index contributed by atoms with van der Waals surface area (Å²) in [6, 6.07) is 3.58. The van der Waals surface area contributed by atoms with Crippen LogP contribution in [0.25, 0.3) is 0 Å². The fourth-order valence-electron chi connectivity index (χ4n) is 3.52. The van der Waals surface area contributed by atoms with Crippen LogP contribution in [0.15, 0.2) is 18.2 Å². The van der Waals surface area contributed by atoms with Crippen LogP contribution in [0, 0.1) is 11.7 Å². The Kier molecular flexibility index (Phi) is 6.56. The molecule has 2 atom stereocenters. The molecule has 3 rings (SSSR count). The van der Waals surface area contributed by atoms with Gasteiger partial charge >= 0.3 is 6.09 Å². The molecule has 0 aromatic heterocycles. The van der Waals surface area contributed by atoms with Gasteiger partial charge in [0.1, 0.15) is 17.5 Å². The van der Waals surface area contributed by atoms with Gasteiger partial charge < -0.3 is 20.3 Å². The van der Waals surface area contributed by atoms with Crippen LogP contribution in [0.1, 0.15) is 46.5 Å². The maximum Gasteiger partial charge on any atom is 0.410 e. The molecule has 2 N–H and O–H groups in total. The first-order chi connectivity index (χ1) is 13.6. The minimum atomic E-state index is -0.555. The van der Waals surface area contributed by atoms with Gasteiger partial charge in [-0.1, -0.05) is 11.6 Å². The molecule has 2 fully saturated rings. The van der Waals surface area contributed by atoms with Crippen molar-refractivity contribution in [2.75, 3.05) is 18.4 Å². The predicted molar refractivity (Wildman–Crippen MR) is 111 cm³/mol. The van der Waals surface area contributed by atoms with Crippen LogP contribution in [-0.2, 0) is 9.53 Å². The summed E-state index contributed by atoms with van der Waals surface area (Å²) in [4.78, 5) is 26.9. The van der Waals surface area contributed by atoms with E-state index in [2.05, 4.69) is 10.6 Å². The maximum atomic E-state index is 13.6. The summed E-state index contributed by atoms with van der Waals surface area (Å²) >= 11 is 5.93. The third-order valence-electron chi connectivity index (χ3n) is 4.98. The van der Waals surface area contributed by atoms with Gasteiger partial charge in [0.2, 0.25) is 5.91 Å². The van der Waals surface area contributed by atoms with Crippen LogP contribution in [-0.4, -0.2) is 47.7 Å². The average Bonchev–Trinajstić information content (AvgIpc) is 3.42. The molecule has 2 amide bonds. The number of ether oxygens (including phenoxy) is 1. The number of hydrogen-bond acceptors (Lipinski definition) is 4. The molecule has 1 aliphatic heterocycles. The number of carbonyl (C=O) groups is 2. The lowest BCUT2D eigenvalue weighted by molar-refractivity contribution is -0.123. The average molecular weight is 426 g/mol. The fourth-order valence-corrected chi connectivity index (χ4v) is 3.74. The molecule has 1 aromatic carbocycles. The number of nitrogens with one attached hydrogen (secondary N) is 2. The van der Waals surface area contributed by atoms with Gasteiger partial charge in [-0.3, -0.25) is 4.79 Å². The molecule has 6 nitrogen and oxygen atoms in total. The number of carbonyl (C=O) groups excluding carboxylic acids is 2. The molecule has 2 aliphatic rings. The number of piperidine rings is 1. The molecule has 0 unspecified atom stereocenters. The van der Waals surface area contributed by atoms with Crippen molar-refractivity contribution in [3.63, 3.8) is 0 Å². The second kappa shape index (κ2) is 8.78. The summed E-state index contributed by atoms with van der Waals surface area (Å²) in [5, 5.41) is 6.48. The Hall–Kier alpha value is -2.02. The van der Waals surface area contributed by atoms with Crippen molar-refractivity contribution < 1.29 is 18.7 Å². The van der Waals surface area contributed by atoms with Gasteiger partial charge in [0, 0.05) is 29.8 Å². The first kappa shape index (κ1) is 21.7. The van der Waals surface area contributed by atoms with E-state index >= 15 is 0 Å². The van der Waals surface area contributed by atoms with E-state index in [4.69, 9.17) is 16.3 Å². The maximum absolute atomic E-state index is 13.6. The van der Waals surface area contributed by atoms with Gasteiger partial charge in [0.05, 0.1) is 0 Å². The van der Waals surface area contributed by atoms with E-state index in [1.165, 1.54) is 12.1 Å². The number of nitrogens with zero attached hydrogens (tertiary/aromatic N) is 1. The minimum absolute atomic E-state index is 0.135. The number of amides is 2. The van der Waals surface area contributed by atoms with Gasteiger partial charge in [-0.05, 0) is 70.6 Å². The van der Waals surface area contributed by atoms with Crippen molar-refractivity contribution in [1.82, 2.24) is 10.2 Å². The summed E-state index contributed by atoms with van der Waals surface area (Å²) in [7, 11) is 0. The summed E-state index contributed by atoms with van der Waals surface area (Å²) in [6.45, 7) is 6.53. The molecule has 1 aromatic rings. The quantitative estimate of drug-likeness (QED) is 0.742. The highest BCUT2D eigenvalue weighted by Crippen LogP contribution is 2.35. The molecule has 1 heterocycles. The van der Waals surface area contributed by atoms with Crippen molar-refractivity contribution in [3.8, 4) is 0 Å². The molecule has 1 aliphatic carbocycles. The van der Waals surface area contributed by atoms with E-state index in [0.29, 0.717) is 18.8 Å². The standard InChI is InChI=1S/C21H29ClFN3O3/c1-21(2,3)29-20(28)26-8-4-5-16(12-26)25-19(27)18(13-6-7-13)24-17-10-14(22)9-15(23)11-17/h9-11,13,16,18,24H,4-8,12H2,1-3H3,(H,25,27)/t16-,18-/m1/s1. The highest BCUT2D eigenvalue weighted by atomic mass is 35.5. The molecular weight excluding hydrogens is 397 g/mol. The minimum Gasteiger partial charge on any atom is -0.444 e. The highest BCUT2D eigenvalue weighted by molar-refractivity contribution is 6.30. The molecule has 29 heavy (non-hydrogen) atoms. The molecule has 1 saturated carbocycles. The Morgan fingerprint density at radius 2 is 1.97 bits per heavy atom. The van der Waals surface area contributed by atoms with Gasteiger partial charge in [-0.25, -0.2) is 9.18 Å². The largest absolute Gasteiger partial charge is 0.444 e. The molecule has 1 saturated heterocycles. The first-order valence-corrected chi connectivity index (χ1v) is 10.5. The van der Waals surface area contributed by atoms with Gasteiger partial charge in [0.25, 0.3) is 0 Å². The van der Waals surface area contributed by atoms with Crippen LogP contribution in [0.4, 0.5) is 14.9 Å². The smallest absolute Gasteiger partial charge is 0.410 e. The number of halogens is 2. The number of rotatable bonds is 5. The monoisotopic (exact) mass is 425 g/mol. The van der Waals surface area contributed by atoms with Crippen molar-refractivity contribution in [3.05, 3.63) is 29.0 Å². The lowest BCUT2D eigenvalue weighted by Gasteiger charge is -2.35. The van der Waals surface area contributed by atoms with Gasteiger partial charge in [-0.15, -0.1) is 0 Å². The van der Waals surface area contributed by atoms with Crippen molar-refractivity contribution in [1.29, 1.82) is 0 Å². The van der Waals surface area contributed by atoms with E-state index in [9.17, 15) is 14.0 Å². The van der Waals surface area contributed by atoms with Crippen LogP contribution < -0.4 is 10.6 Å². The Bertz CT molecular complexity index is 744. The SMILES string of the molecule is CC(C)(C)OC(=O)N1CCC[C@@H](NC(=O)[C@H](Nc2cc(F)cc(Cl)c2)C2CC2)C1. The lowest BCUT2D eigenvalue weighted by Crippen LogP contribution is -2.53. The second-order valence-electron chi connectivity index (χ2n) is 8.89. The lowest BCUT2D eigenvalue weighted by atomic mass is 10.0. The molecule has 0 spiro atoms. The third kappa shape index (κ3) is 6.49. The zero-order valence-corrected chi connectivity index (χ0v) is 17.9. The Morgan fingerprint density at radius 1 is 1.24 bits per heavy atom. The molecular formula is C21H29ClFN3O3. The Labute approximate surface area is 176 Å². The van der Waals surface area contributed by atoms with Gasteiger partial charge in [-0.2, -0.15) is 0 Å². The summed E-state index contributed by atoms with van der Waals surface area (Å²) in [5.41, 5.74) is -0.0680. The van der Waals surface area contributed by atoms with Crippen molar-refractivity contribution in [2.45, 2.75) is 64.1 Å². The van der Waals surface area contributed by atoms with Crippen molar-refractivity contribution in [2.24, 2.45) is 5.92 Å². The van der Waals surface area contributed by atoms with E-state index in [0.717, 1.165) is 25.7 Å². The van der Waals surface area contributed by atoms with E-state index in [1.807, 2.05) is 20.8 Å². The molecule has 8 heteroatoms. The summed E-state index contributed by atoms with van der Waals surface area (Å²) < 4.78 is 19.1. The van der Waals surface area contributed by atoms with Crippen LogP contribution in [0.5, 0.6) is 0 Å². The Balaban J connectivity index is 1.60. The van der Waals surface area contributed by atoms with E-state index in [1.54, 1.807) is 11.0 Å². The summed E-state index contributed by atoms with van der Waals surface area (Å²) in [6.07, 6.45) is 3.13. The topological polar surface area (TPSA) is 70.7 Å². The Morgan fingerprint density at radius 3 is 2.59 bits per heavy atom. The fraction of sp³-hybridized carbons (Fsp3) is 0.619. The van der Waals surface area contributed by atoms with E-state index in [-0.39, 0.29) is 29.0 Å². The van der Waals surface area contributed by atoms with Crippen LogP contribution in [0.2, 0.25) is 5.02 Å². The van der Waals surface area contributed by atoms with Gasteiger partial charge in [0.15, 0.2) is 0 Å². The first-order valence-electron chi connectivity index (χ1n) is 10.1.